The molecule has 0 aliphatic rings. The highest BCUT2D eigenvalue weighted by atomic mass is 32.1. The lowest BCUT2D eigenvalue weighted by Crippen LogP contribution is -2.11. The van der Waals surface area contributed by atoms with Gasteiger partial charge in [-0.1, -0.05) is 152 Å². The lowest BCUT2D eigenvalue weighted by atomic mass is 10.0. The number of benzene rings is 8. The topological polar surface area (TPSA) is 55.1 Å². The van der Waals surface area contributed by atoms with Crippen LogP contribution in [0.1, 0.15) is 0 Å². The van der Waals surface area contributed by atoms with Gasteiger partial charge in [0.25, 0.3) is 0 Å². The molecule has 0 N–H and O–H groups in total. The molecule has 11 aromatic rings. The van der Waals surface area contributed by atoms with Crippen molar-refractivity contribution in [3.63, 3.8) is 0 Å². The van der Waals surface area contributed by atoms with Crippen LogP contribution in [0.5, 0.6) is 0 Å². The Labute approximate surface area is 332 Å². The maximum absolute atomic E-state index is 6.88. The summed E-state index contributed by atoms with van der Waals surface area (Å²) in [5, 5.41) is 4.48. The molecule has 0 spiro atoms. The van der Waals surface area contributed by atoms with E-state index in [-0.39, 0.29) is 0 Å². The predicted octanol–water partition coefficient (Wildman–Crippen LogP) is 14.3. The quantitative estimate of drug-likeness (QED) is 0.162. The normalized spacial score (nSPS) is 11.5. The van der Waals surface area contributed by atoms with E-state index in [2.05, 4.69) is 126 Å². The molecule has 6 heteroatoms. The van der Waals surface area contributed by atoms with Crippen molar-refractivity contribution >= 4 is 70.5 Å². The van der Waals surface area contributed by atoms with E-state index in [1.165, 1.54) is 25.7 Å². The fourth-order valence-corrected chi connectivity index (χ4v) is 9.06. The average Bonchev–Trinajstić information content (AvgIpc) is 3.87. The molecule has 0 unspecified atom stereocenters. The molecule has 8 aromatic carbocycles. The minimum atomic E-state index is 0.545. The second-order valence-electron chi connectivity index (χ2n) is 14.0. The third-order valence-electron chi connectivity index (χ3n) is 10.5. The summed E-state index contributed by atoms with van der Waals surface area (Å²) in [4.78, 5) is 17.6. The van der Waals surface area contributed by atoms with Crippen LogP contribution in [0, 0.1) is 0 Å². The molecular formula is C51H32N4OS. The van der Waals surface area contributed by atoms with Gasteiger partial charge in [-0.2, -0.15) is 0 Å². The number of hydrogen-bond acceptors (Lipinski definition) is 6. The van der Waals surface area contributed by atoms with Crippen LogP contribution < -0.4 is 4.90 Å². The van der Waals surface area contributed by atoms with Gasteiger partial charge in [0.05, 0.1) is 27.0 Å². The molecule has 0 atom stereocenters. The van der Waals surface area contributed by atoms with Crippen molar-refractivity contribution in [2.45, 2.75) is 0 Å². The molecule has 0 aliphatic heterocycles. The maximum Gasteiger partial charge on any atom is 0.167 e. The van der Waals surface area contributed by atoms with Gasteiger partial charge in [0.15, 0.2) is 17.5 Å². The van der Waals surface area contributed by atoms with Gasteiger partial charge in [-0.3, -0.25) is 0 Å². The number of fused-ring (bicyclic) bond motifs is 6. The number of rotatable bonds is 7. The van der Waals surface area contributed by atoms with Crippen LogP contribution in [0.2, 0.25) is 0 Å². The molecule has 0 saturated heterocycles. The molecule has 3 aromatic heterocycles. The number of hydrogen-bond donors (Lipinski definition) is 0. The fourth-order valence-electron chi connectivity index (χ4n) is 7.85. The molecule has 57 heavy (non-hydrogen) atoms. The van der Waals surface area contributed by atoms with E-state index in [1.54, 1.807) is 0 Å². The smallest absolute Gasteiger partial charge is 0.167 e. The molecule has 0 aliphatic carbocycles. The van der Waals surface area contributed by atoms with Crippen LogP contribution >= 0.6 is 11.3 Å². The molecule has 0 saturated carbocycles. The van der Waals surface area contributed by atoms with Crippen molar-refractivity contribution in [2.75, 3.05) is 4.90 Å². The molecule has 268 valence electrons. The molecule has 0 fully saturated rings. The van der Waals surface area contributed by atoms with E-state index >= 15 is 0 Å². The number of thiophene rings is 1. The summed E-state index contributed by atoms with van der Waals surface area (Å²) in [6, 6.07) is 67.4. The summed E-state index contributed by atoms with van der Waals surface area (Å²) < 4.78 is 9.35. The standard InChI is InChI=1S/C51H32N4OS/c1-4-15-33(16-5-1)34-27-29-37(30-28-34)55(43-24-14-23-39-38-21-11-13-26-45(38)57-48(39)43)42-32-31-41(47-46(42)40-22-10-12-25-44(40)56-47)51-53-49(35-17-6-2-7-18-35)52-50(54-51)36-19-8-3-9-20-36/h1-32H. The van der Waals surface area contributed by atoms with Gasteiger partial charge in [0, 0.05) is 37.7 Å². The van der Waals surface area contributed by atoms with E-state index < -0.39 is 0 Å². The van der Waals surface area contributed by atoms with E-state index in [4.69, 9.17) is 19.4 Å². The highest BCUT2D eigenvalue weighted by Gasteiger charge is 2.25. The van der Waals surface area contributed by atoms with Gasteiger partial charge < -0.3 is 9.32 Å². The minimum Gasteiger partial charge on any atom is -0.455 e. The summed E-state index contributed by atoms with van der Waals surface area (Å²) in [5.41, 5.74) is 9.60. The van der Waals surface area contributed by atoms with Crippen molar-refractivity contribution in [3.05, 3.63) is 194 Å². The number of aromatic nitrogens is 3. The second kappa shape index (κ2) is 13.7. The summed E-state index contributed by atoms with van der Waals surface area (Å²) in [7, 11) is 0. The van der Waals surface area contributed by atoms with E-state index in [0.717, 1.165) is 55.7 Å². The van der Waals surface area contributed by atoms with Crippen LogP contribution in [0.3, 0.4) is 0 Å². The molecule has 0 radical (unpaired) electrons. The molecule has 11 rings (SSSR count). The lowest BCUT2D eigenvalue weighted by molar-refractivity contribution is 0.669. The zero-order chi connectivity index (χ0) is 37.7. The first-order valence-corrected chi connectivity index (χ1v) is 19.8. The Morgan fingerprint density at radius 3 is 1.67 bits per heavy atom. The SMILES string of the molecule is c1ccc(-c2ccc(N(c3cccc4c3sc3ccccc34)c3ccc(-c4nc(-c5ccccc5)nc(-c5ccccc5)n4)c4oc5ccccc5c34)cc2)cc1. The fraction of sp³-hybridized carbons (Fsp3) is 0. The van der Waals surface area contributed by atoms with Crippen molar-refractivity contribution in [2.24, 2.45) is 0 Å². The first-order valence-electron chi connectivity index (χ1n) is 18.9. The third-order valence-corrected chi connectivity index (χ3v) is 11.8. The van der Waals surface area contributed by atoms with E-state index in [9.17, 15) is 0 Å². The largest absolute Gasteiger partial charge is 0.455 e. The Kier molecular flexibility index (Phi) is 7.93. The minimum absolute atomic E-state index is 0.545. The average molecular weight is 749 g/mol. The summed E-state index contributed by atoms with van der Waals surface area (Å²) >= 11 is 1.82. The van der Waals surface area contributed by atoms with Gasteiger partial charge in [0.2, 0.25) is 0 Å². The summed E-state index contributed by atoms with van der Waals surface area (Å²) in [6.45, 7) is 0. The highest BCUT2D eigenvalue weighted by Crippen LogP contribution is 2.49. The van der Waals surface area contributed by atoms with Crippen molar-refractivity contribution < 1.29 is 4.42 Å². The third kappa shape index (κ3) is 5.74. The number of anilines is 3. The Hall–Kier alpha value is -7.41. The maximum atomic E-state index is 6.88. The predicted molar refractivity (Wildman–Crippen MR) is 236 cm³/mol. The van der Waals surface area contributed by atoms with Crippen LogP contribution in [0.15, 0.2) is 199 Å². The van der Waals surface area contributed by atoms with Crippen LogP contribution in [0.25, 0.3) is 87.4 Å². The molecule has 3 heterocycles. The Bertz CT molecular complexity index is 3170. The Morgan fingerprint density at radius 1 is 0.404 bits per heavy atom. The first-order chi connectivity index (χ1) is 28.3. The molecule has 5 nitrogen and oxygen atoms in total. The monoisotopic (exact) mass is 748 g/mol. The highest BCUT2D eigenvalue weighted by molar-refractivity contribution is 7.26. The second-order valence-corrected chi connectivity index (χ2v) is 15.0. The summed E-state index contributed by atoms with van der Waals surface area (Å²) in [6.07, 6.45) is 0. The summed E-state index contributed by atoms with van der Waals surface area (Å²) in [5.74, 6) is 1.75. The zero-order valence-corrected chi connectivity index (χ0v) is 31.4. The van der Waals surface area contributed by atoms with Gasteiger partial charge in [-0.15, -0.1) is 11.3 Å². The number of para-hydroxylation sites is 1. The van der Waals surface area contributed by atoms with E-state index in [0.29, 0.717) is 23.1 Å². The Morgan fingerprint density at radius 2 is 0.965 bits per heavy atom. The Balaban J connectivity index is 1.18. The van der Waals surface area contributed by atoms with Gasteiger partial charge in [0.1, 0.15) is 11.2 Å². The first kappa shape index (κ1) is 33.0. The van der Waals surface area contributed by atoms with Crippen molar-refractivity contribution in [3.8, 4) is 45.3 Å². The van der Waals surface area contributed by atoms with Crippen LogP contribution in [-0.2, 0) is 0 Å². The lowest BCUT2D eigenvalue weighted by Gasteiger charge is -2.27. The van der Waals surface area contributed by atoms with Crippen molar-refractivity contribution in [1.82, 2.24) is 15.0 Å². The molecule has 0 amide bonds. The molecular weight excluding hydrogens is 717 g/mol. The zero-order valence-electron chi connectivity index (χ0n) is 30.6. The van der Waals surface area contributed by atoms with Gasteiger partial charge >= 0.3 is 0 Å². The van der Waals surface area contributed by atoms with Gasteiger partial charge in [-0.25, -0.2) is 15.0 Å². The van der Waals surface area contributed by atoms with Crippen LogP contribution in [-0.4, -0.2) is 15.0 Å². The van der Waals surface area contributed by atoms with Crippen LogP contribution in [0.4, 0.5) is 17.1 Å². The number of furan rings is 1. The van der Waals surface area contributed by atoms with Gasteiger partial charge in [-0.05, 0) is 53.6 Å². The van der Waals surface area contributed by atoms with E-state index in [1.807, 2.05) is 84.1 Å². The molecule has 0 bridgehead atoms. The van der Waals surface area contributed by atoms with Crippen molar-refractivity contribution in [1.29, 1.82) is 0 Å². The number of nitrogens with zero attached hydrogens (tertiary/aromatic N) is 4.